The minimum absolute atomic E-state index is 0.0330. The van der Waals surface area contributed by atoms with Gasteiger partial charge < -0.3 is 9.32 Å². The van der Waals surface area contributed by atoms with Gasteiger partial charge in [0.05, 0.1) is 15.1 Å². The van der Waals surface area contributed by atoms with Gasteiger partial charge in [0.2, 0.25) is 0 Å². The van der Waals surface area contributed by atoms with Crippen molar-refractivity contribution in [2.45, 2.75) is 0 Å². The molecule has 9 rings (SSSR count). The fraction of sp³-hybridized carbons (Fsp3) is 0. The molecule has 2 heteroatoms. The van der Waals surface area contributed by atoms with Crippen LogP contribution in [0.1, 0.15) is 15.1 Å². The van der Waals surface area contributed by atoms with Gasteiger partial charge in [0.1, 0.15) is 11.2 Å². The molecule has 0 amide bonds. The van der Waals surface area contributed by atoms with Gasteiger partial charge in [-0.25, -0.2) is 0 Å². The Bertz CT molecular complexity index is 3110. The highest BCUT2D eigenvalue weighted by molar-refractivity contribution is 6.19. The predicted octanol–water partition coefficient (Wildman–Crippen LogP) is 12.7. The summed E-state index contributed by atoms with van der Waals surface area (Å²) < 4.78 is 99.2. The molecule has 9 aromatic rings. The summed E-state index contributed by atoms with van der Waals surface area (Å²) in [5.74, 6) is 0. The Balaban J connectivity index is 1.18. The summed E-state index contributed by atoms with van der Waals surface area (Å²) in [5, 5.41) is 3.30. The Morgan fingerprint density at radius 3 is 1.87 bits per heavy atom. The van der Waals surface area contributed by atoms with E-state index in [0.717, 1.165) is 27.8 Å². The van der Waals surface area contributed by atoms with E-state index in [4.69, 9.17) is 18.1 Å². The van der Waals surface area contributed by atoms with Crippen LogP contribution in [0.15, 0.2) is 180 Å². The SMILES string of the molecule is [2H]c1cc2oc3c([2H])c([2H])c4ccc(-c5ccc(N(c6ccc(-c7c([2H])c([2H])c([2H])c([2H])c7[2H])cc6)c6ccc7ccccc7c6)cc5)c([2H])c4c3c2c([2H])c1[2H]. The van der Waals surface area contributed by atoms with Crippen LogP contribution in [0.4, 0.5) is 17.1 Å². The minimum atomic E-state index is -0.447. The summed E-state index contributed by atoms with van der Waals surface area (Å²) in [4.78, 5) is 2.04. The molecule has 2 nitrogen and oxygen atoms in total. The van der Waals surface area contributed by atoms with Crippen molar-refractivity contribution in [1.82, 2.24) is 0 Å². The van der Waals surface area contributed by atoms with E-state index in [-0.39, 0.29) is 70.5 Å². The lowest BCUT2D eigenvalue weighted by Crippen LogP contribution is -2.09. The molecule has 46 heavy (non-hydrogen) atoms. The number of nitrogens with zero attached hydrogens (tertiary/aromatic N) is 1. The molecule has 0 saturated heterocycles. The van der Waals surface area contributed by atoms with Crippen LogP contribution >= 0.6 is 0 Å². The lowest BCUT2D eigenvalue weighted by atomic mass is 9.98. The Morgan fingerprint density at radius 1 is 0.435 bits per heavy atom. The maximum Gasteiger partial charge on any atom is 0.136 e. The fourth-order valence-corrected chi connectivity index (χ4v) is 6.01. The van der Waals surface area contributed by atoms with Crippen LogP contribution in [0.25, 0.3) is 65.7 Å². The van der Waals surface area contributed by atoms with Crippen molar-refractivity contribution in [3.8, 4) is 22.3 Å². The third-order valence-electron chi connectivity index (χ3n) is 8.25. The molecular formula is C44H29NO. The highest BCUT2D eigenvalue weighted by Gasteiger charge is 2.15. The molecule has 0 N–H and O–H groups in total. The zero-order chi connectivity index (χ0) is 40.0. The van der Waals surface area contributed by atoms with Crippen LogP contribution in [-0.2, 0) is 0 Å². The van der Waals surface area contributed by atoms with Crippen molar-refractivity contribution in [2.24, 2.45) is 0 Å². The van der Waals surface area contributed by atoms with Crippen LogP contribution in [0.5, 0.6) is 0 Å². The zero-order valence-corrected chi connectivity index (χ0v) is 24.2. The average Bonchev–Trinajstić information content (AvgIpc) is 3.60. The van der Waals surface area contributed by atoms with Crippen molar-refractivity contribution in [3.63, 3.8) is 0 Å². The highest BCUT2D eigenvalue weighted by Crippen LogP contribution is 2.39. The van der Waals surface area contributed by atoms with Gasteiger partial charge >= 0.3 is 0 Å². The molecule has 0 saturated carbocycles. The second kappa shape index (κ2) is 10.8. The molecule has 0 radical (unpaired) electrons. The summed E-state index contributed by atoms with van der Waals surface area (Å²) in [6, 6.07) is 30.9. The summed E-state index contributed by atoms with van der Waals surface area (Å²) >= 11 is 0. The number of hydrogen-bond acceptors (Lipinski definition) is 2. The van der Waals surface area contributed by atoms with Crippen molar-refractivity contribution < 1.29 is 19.5 Å². The van der Waals surface area contributed by atoms with Gasteiger partial charge in [-0.1, -0.05) is 121 Å². The van der Waals surface area contributed by atoms with E-state index in [0.29, 0.717) is 32.8 Å². The Kier molecular flexibility index (Phi) is 4.08. The first-order valence-electron chi connectivity index (χ1n) is 20.3. The van der Waals surface area contributed by atoms with E-state index < -0.39 is 18.1 Å². The number of anilines is 3. The van der Waals surface area contributed by atoms with E-state index in [1.165, 1.54) is 6.07 Å². The maximum atomic E-state index is 9.45. The number of furan rings is 1. The van der Waals surface area contributed by atoms with Gasteiger partial charge in [0.25, 0.3) is 0 Å². The molecule has 0 bridgehead atoms. The molecule has 8 aromatic carbocycles. The van der Waals surface area contributed by atoms with E-state index in [2.05, 4.69) is 6.07 Å². The summed E-state index contributed by atoms with van der Waals surface area (Å²) in [6.07, 6.45) is 0. The smallest absolute Gasteiger partial charge is 0.136 e. The second-order valence-electron chi connectivity index (χ2n) is 11.0. The molecule has 216 valence electrons. The Labute approximate surface area is 282 Å². The molecule has 0 aliphatic carbocycles. The second-order valence-corrected chi connectivity index (χ2v) is 11.0. The monoisotopic (exact) mass is 598 g/mol. The van der Waals surface area contributed by atoms with Crippen molar-refractivity contribution in [1.29, 1.82) is 0 Å². The van der Waals surface area contributed by atoms with Gasteiger partial charge in [-0.2, -0.15) is 0 Å². The van der Waals surface area contributed by atoms with Gasteiger partial charge in [0, 0.05) is 27.8 Å². The summed E-state index contributed by atoms with van der Waals surface area (Å²) in [5.41, 5.74) is 4.40. The Hall–Kier alpha value is -6.12. The average molecular weight is 599 g/mol. The molecule has 1 aromatic heterocycles. The van der Waals surface area contributed by atoms with E-state index >= 15 is 0 Å². The van der Waals surface area contributed by atoms with Crippen molar-refractivity contribution in [3.05, 3.63) is 176 Å². The van der Waals surface area contributed by atoms with Crippen molar-refractivity contribution in [2.75, 3.05) is 4.90 Å². The predicted molar refractivity (Wildman–Crippen MR) is 194 cm³/mol. The molecule has 0 aliphatic rings. The van der Waals surface area contributed by atoms with Crippen molar-refractivity contribution >= 4 is 60.5 Å². The minimum Gasteiger partial charge on any atom is -0.456 e. The fourth-order valence-electron chi connectivity index (χ4n) is 6.01. The maximum absolute atomic E-state index is 9.45. The number of hydrogen-bond donors (Lipinski definition) is 0. The molecule has 1 heterocycles. The van der Waals surface area contributed by atoms with E-state index in [9.17, 15) is 1.37 Å². The molecular weight excluding hydrogens is 558 g/mol. The molecule has 0 fully saturated rings. The zero-order valence-electron chi connectivity index (χ0n) is 35.2. The standard InChI is InChI=1S/C44H29NO/c1-2-8-30(9-3-1)32-16-22-37(23-17-32)45(39-26-20-31-10-4-5-11-35(31)28-39)38-24-18-33(19-25-38)36-15-14-34-21-27-43-44(41(34)29-36)40-12-6-7-13-42(40)46-43/h1-29H/i1D,2D,3D,6D,7D,8D,9D,12D,21D,27D,29D. The first-order valence-corrected chi connectivity index (χ1v) is 14.8. The van der Waals surface area contributed by atoms with Crippen LogP contribution in [0, 0.1) is 0 Å². The number of fused-ring (bicyclic) bond motifs is 6. The Morgan fingerprint density at radius 2 is 1.09 bits per heavy atom. The third-order valence-corrected chi connectivity index (χ3v) is 8.25. The normalized spacial score (nSPS) is 14.8. The lowest BCUT2D eigenvalue weighted by molar-refractivity contribution is 0.669. The van der Waals surface area contributed by atoms with Crippen LogP contribution in [-0.4, -0.2) is 0 Å². The largest absolute Gasteiger partial charge is 0.456 e. The van der Waals surface area contributed by atoms with Crippen LogP contribution < -0.4 is 4.90 Å². The molecule has 0 atom stereocenters. The number of benzene rings is 8. The van der Waals surface area contributed by atoms with Gasteiger partial charge in [-0.3, -0.25) is 0 Å². The van der Waals surface area contributed by atoms with Crippen LogP contribution in [0.2, 0.25) is 0 Å². The molecule has 0 aliphatic heterocycles. The third kappa shape index (κ3) is 4.51. The van der Waals surface area contributed by atoms with Gasteiger partial charge in [-0.05, 0) is 98.3 Å². The topological polar surface area (TPSA) is 16.4 Å². The quantitative estimate of drug-likeness (QED) is 0.196. The molecule has 0 unspecified atom stereocenters. The van der Waals surface area contributed by atoms with Gasteiger partial charge in [0.15, 0.2) is 0 Å². The van der Waals surface area contributed by atoms with Crippen LogP contribution in [0.3, 0.4) is 0 Å². The lowest BCUT2D eigenvalue weighted by Gasteiger charge is -2.26. The van der Waals surface area contributed by atoms with E-state index in [1.54, 1.807) is 24.3 Å². The highest BCUT2D eigenvalue weighted by atomic mass is 16.3. The number of rotatable bonds is 5. The summed E-state index contributed by atoms with van der Waals surface area (Å²) in [6.45, 7) is 0. The first-order chi connectivity index (χ1) is 27.3. The molecule has 0 spiro atoms. The first kappa shape index (κ1) is 17.4. The summed E-state index contributed by atoms with van der Waals surface area (Å²) in [7, 11) is 0. The van der Waals surface area contributed by atoms with E-state index in [1.807, 2.05) is 77.7 Å². The van der Waals surface area contributed by atoms with Gasteiger partial charge in [-0.15, -0.1) is 0 Å². The number of para-hydroxylation sites is 1.